The Labute approximate surface area is 252 Å². The van der Waals surface area contributed by atoms with Crippen LogP contribution in [0.4, 0.5) is 0 Å². The van der Waals surface area contributed by atoms with E-state index in [9.17, 15) is 19.2 Å². The summed E-state index contributed by atoms with van der Waals surface area (Å²) in [7, 11) is 1.79. The van der Waals surface area contributed by atoms with Crippen molar-refractivity contribution in [2.24, 2.45) is 33.0 Å². The van der Waals surface area contributed by atoms with Crippen LogP contribution in [0.15, 0.2) is 24.9 Å². The van der Waals surface area contributed by atoms with Gasteiger partial charge in [0.25, 0.3) is 0 Å². The van der Waals surface area contributed by atoms with Gasteiger partial charge in [0.05, 0.1) is 5.54 Å². The summed E-state index contributed by atoms with van der Waals surface area (Å²) in [5.41, 5.74) is -1.12. The predicted molar refractivity (Wildman–Crippen MR) is 164 cm³/mol. The molecule has 9 heteroatoms. The maximum absolute atomic E-state index is 14.6. The summed E-state index contributed by atoms with van der Waals surface area (Å²) in [5, 5.41) is 12.0. The summed E-state index contributed by atoms with van der Waals surface area (Å²) >= 11 is 0. The fourth-order valence-corrected chi connectivity index (χ4v) is 8.56. The lowest BCUT2D eigenvalue weighted by atomic mass is 9.73. The molecule has 9 nitrogen and oxygen atoms in total. The molecule has 1 heterocycles. The highest BCUT2D eigenvalue weighted by molar-refractivity contribution is 5.95. The molecule has 42 heavy (non-hydrogen) atoms. The minimum absolute atomic E-state index is 0.00693. The number of hydrogen-bond donors (Lipinski definition) is 4. The molecule has 3 saturated carbocycles. The van der Waals surface area contributed by atoms with E-state index < -0.39 is 40.4 Å². The number of amides is 4. The first kappa shape index (κ1) is 32.1. The van der Waals surface area contributed by atoms with Gasteiger partial charge in [-0.1, -0.05) is 74.5 Å². The molecule has 4 N–H and O–H groups in total. The van der Waals surface area contributed by atoms with Crippen LogP contribution in [-0.4, -0.2) is 66.3 Å². The number of carbonyl (C=O) groups is 4. The van der Waals surface area contributed by atoms with Gasteiger partial charge in [-0.15, -0.1) is 6.58 Å². The molecule has 4 amide bonds. The van der Waals surface area contributed by atoms with Crippen LogP contribution >= 0.6 is 0 Å². The highest BCUT2D eigenvalue weighted by Crippen LogP contribution is 2.88. The molecule has 0 aromatic rings. The van der Waals surface area contributed by atoms with Crippen molar-refractivity contribution in [3.05, 3.63) is 24.9 Å². The Hall–Kier alpha value is -2.84. The maximum atomic E-state index is 14.6. The van der Waals surface area contributed by atoms with E-state index >= 15 is 0 Å². The molecule has 1 aliphatic heterocycles. The monoisotopic (exact) mass is 583 g/mol. The molecule has 3 unspecified atom stereocenters. The molecule has 234 valence electrons. The molecule has 0 radical (unpaired) electrons. The normalized spacial score (nSPS) is 31.8. The van der Waals surface area contributed by atoms with Gasteiger partial charge in [0.15, 0.2) is 0 Å². The van der Waals surface area contributed by atoms with E-state index in [0.29, 0.717) is 25.8 Å². The summed E-state index contributed by atoms with van der Waals surface area (Å²) in [6, 6.07) is -2.39. The van der Waals surface area contributed by atoms with E-state index in [1.54, 1.807) is 11.9 Å². The lowest BCUT2D eigenvalue weighted by molar-refractivity contribution is -0.145. The molecule has 0 aromatic carbocycles. The lowest BCUT2D eigenvalue weighted by Crippen LogP contribution is -2.62. The van der Waals surface area contributed by atoms with Gasteiger partial charge >= 0.3 is 0 Å². The van der Waals surface area contributed by atoms with Crippen LogP contribution in [0.25, 0.3) is 0 Å². The summed E-state index contributed by atoms with van der Waals surface area (Å²) in [4.78, 5) is 55.5. The van der Waals surface area contributed by atoms with E-state index in [1.165, 1.54) is 6.42 Å². The van der Waals surface area contributed by atoms with Crippen molar-refractivity contribution in [1.29, 1.82) is 0 Å². The van der Waals surface area contributed by atoms with Crippen molar-refractivity contribution in [3.8, 4) is 0 Å². The number of likely N-dealkylation sites (tertiary alicyclic amines) is 1. The van der Waals surface area contributed by atoms with E-state index in [0.717, 1.165) is 18.5 Å². The fraction of sp³-hybridized carbons (Fsp3) is 0.758. The average molecular weight is 584 g/mol. The van der Waals surface area contributed by atoms with Gasteiger partial charge in [-0.05, 0) is 47.3 Å². The van der Waals surface area contributed by atoms with Crippen LogP contribution in [0, 0.1) is 33.0 Å². The Bertz CT molecular complexity index is 1180. The lowest BCUT2D eigenvalue weighted by Gasteiger charge is -2.38. The summed E-state index contributed by atoms with van der Waals surface area (Å²) in [6.45, 7) is 24.5. The van der Waals surface area contributed by atoms with Gasteiger partial charge in [-0.3, -0.25) is 19.2 Å². The maximum Gasteiger partial charge on any atom is 0.246 e. The topological polar surface area (TPSA) is 120 Å². The van der Waals surface area contributed by atoms with Crippen LogP contribution in [0.2, 0.25) is 0 Å². The Kier molecular flexibility index (Phi) is 7.73. The van der Waals surface area contributed by atoms with E-state index in [2.05, 4.69) is 48.3 Å². The smallest absolute Gasteiger partial charge is 0.246 e. The Balaban J connectivity index is 1.68. The molecular formula is C33H53N5O4. The van der Waals surface area contributed by atoms with Gasteiger partial charge < -0.3 is 26.2 Å². The van der Waals surface area contributed by atoms with Crippen molar-refractivity contribution in [3.63, 3.8) is 0 Å². The summed E-state index contributed by atoms with van der Waals surface area (Å²) < 4.78 is 0. The number of nitrogens with one attached hydrogen (secondary N) is 4. The number of hydrogen-bond acceptors (Lipinski definition) is 5. The van der Waals surface area contributed by atoms with E-state index in [-0.39, 0.29) is 34.0 Å². The number of carbonyl (C=O) groups excluding carboxylic acids is 4. The second-order valence-electron chi connectivity index (χ2n) is 16.0. The van der Waals surface area contributed by atoms with Crippen LogP contribution in [0.1, 0.15) is 87.5 Å². The van der Waals surface area contributed by atoms with Gasteiger partial charge in [-0.2, -0.15) is 0 Å². The fourth-order valence-electron chi connectivity index (χ4n) is 8.56. The third-order valence-corrected chi connectivity index (χ3v) is 11.6. The minimum Gasteiger partial charge on any atom is -0.390 e. The first-order valence-corrected chi connectivity index (χ1v) is 15.4. The number of likely N-dealkylation sites (N-methyl/N-ethyl adjacent to an activating group) is 1. The Morgan fingerprint density at radius 2 is 1.57 bits per heavy atom. The molecule has 4 aliphatic rings. The standard InChI is InChI=1S/C33H53N5O4/c1-12-21-16-33(21,20(2)34-11)37-25(40)22-17-32(30(9,10)31(32)14-13-15-31)18-38(22)27(42)24(29(6,7)8)36-26(41)23(35-19-39)28(3,4)5/h12,19,21-24,34H,1-2,13-18H2,3-11H3,(H,35,39)(H,36,41)(H,37,40)/t21-,22?,23?,24-,32?,33+/m1/s1. The van der Waals surface area contributed by atoms with E-state index in [1.807, 2.05) is 47.6 Å². The molecule has 4 rings (SSSR count). The minimum atomic E-state index is -0.893. The highest BCUT2D eigenvalue weighted by Gasteiger charge is 2.85. The largest absolute Gasteiger partial charge is 0.390 e. The first-order valence-electron chi connectivity index (χ1n) is 15.4. The second-order valence-corrected chi connectivity index (χ2v) is 16.0. The zero-order valence-electron chi connectivity index (χ0n) is 27.2. The highest BCUT2D eigenvalue weighted by atomic mass is 16.2. The molecular weight excluding hydrogens is 530 g/mol. The van der Waals surface area contributed by atoms with Gasteiger partial charge in [-0.25, -0.2) is 0 Å². The van der Waals surface area contributed by atoms with Crippen molar-refractivity contribution < 1.29 is 19.2 Å². The second kappa shape index (κ2) is 10.1. The van der Waals surface area contributed by atoms with Crippen LogP contribution in [0.3, 0.4) is 0 Å². The first-order chi connectivity index (χ1) is 19.3. The van der Waals surface area contributed by atoms with Gasteiger partial charge in [0, 0.05) is 30.6 Å². The van der Waals surface area contributed by atoms with Crippen molar-refractivity contribution >= 4 is 24.1 Å². The van der Waals surface area contributed by atoms with Crippen molar-refractivity contribution in [1.82, 2.24) is 26.2 Å². The van der Waals surface area contributed by atoms with Crippen LogP contribution in [-0.2, 0) is 19.2 Å². The van der Waals surface area contributed by atoms with Gasteiger partial charge in [0.2, 0.25) is 24.1 Å². The summed E-state index contributed by atoms with van der Waals surface area (Å²) in [6.07, 6.45) is 7.06. The molecule has 0 aromatic heterocycles. The van der Waals surface area contributed by atoms with Crippen LogP contribution < -0.4 is 21.3 Å². The third-order valence-electron chi connectivity index (χ3n) is 11.6. The molecule has 3 aliphatic carbocycles. The van der Waals surface area contributed by atoms with Crippen molar-refractivity contribution in [2.45, 2.75) is 111 Å². The van der Waals surface area contributed by atoms with Crippen molar-refractivity contribution in [2.75, 3.05) is 13.6 Å². The molecule has 0 bridgehead atoms. The molecule has 2 spiro atoms. The zero-order chi connectivity index (χ0) is 31.7. The van der Waals surface area contributed by atoms with E-state index in [4.69, 9.17) is 0 Å². The Morgan fingerprint density at radius 3 is 1.98 bits per heavy atom. The SMILES string of the molecule is C=C[C@@H]1C[C@]1(NC(=O)C1CC2(CN1C(=O)[C@@H](NC(=O)C(NC=O)C(C)(C)C)C(C)(C)C)C(C)(C)C21CCC1)C(=C)NC. The van der Waals surface area contributed by atoms with Crippen LogP contribution in [0.5, 0.6) is 0 Å². The number of fused-ring (bicyclic) bond motifs is 1. The van der Waals surface area contributed by atoms with Gasteiger partial charge in [0.1, 0.15) is 18.1 Å². The molecule has 6 atom stereocenters. The number of nitrogens with zero attached hydrogens (tertiary/aromatic N) is 1. The molecule has 1 saturated heterocycles. The Morgan fingerprint density at radius 1 is 0.976 bits per heavy atom. The molecule has 4 fully saturated rings. The average Bonchev–Trinajstić information content (AvgIpc) is 3.58. The summed E-state index contributed by atoms with van der Waals surface area (Å²) in [5.74, 6) is -0.803. The zero-order valence-corrected chi connectivity index (χ0v) is 27.2. The quantitative estimate of drug-likeness (QED) is 0.233. The number of rotatable bonds is 10. The third kappa shape index (κ3) is 4.57. The predicted octanol–water partition coefficient (Wildman–Crippen LogP) is 3.27.